The molecule has 0 aliphatic carbocycles. The molecule has 2 aromatic heterocycles. The Labute approximate surface area is 144 Å². The second kappa shape index (κ2) is 6.46. The van der Waals surface area contributed by atoms with Crippen molar-refractivity contribution in [1.82, 2.24) is 29.9 Å². The van der Waals surface area contributed by atoms with Crippen LogP contribution in [0.25, 0.3) is 11.0 Å². The summed E-state index contributed by atoms with van der Waals surface area (Å²) >= 11 is 0. The normalized spacial score (nSPS) is 17.2. The topological polar surface area (TPSA) is 88.8 Å². The molecule has 0 spiro atoms. The molecule has 1 atom stereocenters. The number of fused-ring (bicyclic) bond motifs is 1. The number of carbonyl (C=O) groups is 1. The highest BCUT2D eigenvalue weighted by molar-refractivity contribution is 5.77. The van der Waals surface area contributed by atoms with E-state index in [2.05, 4.69) is 25.5 Å². The molecule has 1 N–H and O–H groups in total. The van der Waals surface area contributed by atoms with Crippen LogP contribution in [0, 0.1) is 0 Å². The zero-order valence-electron chi connectivity index (χ0n) is 14.0. The lowest BCUT2D eigenvalue weighted by atomic mass is 10.1. The van der Waals surface area contributed by atoms with Gasteiger partial charge < -0.3 is 10.2 Å². The Morgan fingerprint density at radius 3 is 2.72 bits per heavy atom. The Balaban J connectivity index is 1.53. The molecule has 8 heteroatoms. The highest BCUT2D eigenvalue weighted by Gasteiger charge is 2.31. The van der Waals surface area contributed by atoms with E-state index in [1.165, 1.54) is 4.80 Å². The predicted octanol–water partition coefficient (Wildman–Crippen LogP) is 1.63. The van der Waals surface area contributed by atoms with Crippen LogP contribution >= 0.6 is 0 Å². The van der Waals surface area contributed by atoms with E-state index >= 15 is 0 Å². The van der Waals surface area contributed by atoms with E-state index in [1.54, 1.807) is 19.4 Å². The number of carbonyl (C=O) groups excluding carboxylic acids is 1. The minimum Gasteiger partial charge on any atom is -0.372 e. The second-order valence-electron chi connectivity index (χ2n) is 6.04. The number of aromatic nitrogens is 5. The maximum absolute atomic E-state index is 12.8. The summed E-state index contributed by atoms with van der Waals surface area (Å²) < 4.78 is 0. The van der Waals surface area contributed by atoms with Crippen molar-refractivity contribution in [3.8, 4) is 0 Å². The van der Waals surface area contributed by atoms with Crippen LogP contribution in [0.5, 0.6) is 0 Å². The SMILES string of the molecule is CNc1cncc([C@@H]2CCCN2C(=O)Cn2nc3ccccc3n2)n1. The van der Waals surface area contributed by atoms with Gasteiger partial charge in [0.05, 0.1) is 24.1 Å². The molecule has 1 fully saturated rings. The van der Waals surface area contributed by atoms with Gasteiger partial charge in [0.2, 0.25) is 5.91 Å². The summed E-state index contributed by atoms with van der Waals surface area (Å²) in [5, 5.41) is 11.7. The Morgan fingerprint density at radius 2 is 2.00 bits per heavy atom. The van der Waals surface area contributed by atoms with Gasteiger partial charge in [0.15, 0.2) is 0 Å². The van der Waals surface area contributed by atoms with Gasteiger partial charge in [0, 0.05) is 13.6 Å². The Hall–Kier alpha value is -3.03. The van der Waals surface area contributed by atoms with Crippen molar-refractivity contribution in [2.24, 2.45) is 0 Å². The van der Waals surface area contributed by atoms with Gasteiger partial charge in [0.1, 0.15) is 23.4 Å². The molecule has 1 aromatic carbocycles. The first kappa shape index (κ1) is 15.5. The fourth-order valence-corrected chi connectivity index (χ4v) is 3.22. The monoisotopic (exact) mass is 337 g/mol. The first-order valence-electron chi connectivity index (χ1n) is 8.33. The van der Waals surface area contributed by atoms with E-state index in [0.717, 1.165) is 36.1 Å². The van der Waals surface area contributed by atoms with Crippen molar-refractivity contribution < 1.29 is 4.79 Å². The fraction of sp³-hybridized carbons (Fsp3) is 0.353. The zero-order chi connectivity index (χ0) is 17.2. The summed E-state index contributed by atoms with van der Waals surface area (Å²) in [6.45, 7) is 0.847. The van der Waals surface area contributed by atoms with Crippen LogP contribution in [0.3, 0.4) is 0 Å². The second-order valence-corrected chi connectivity index (χ2v) is 6.04. The number of hydrogen-bond donors (Lipinski definition) is 1. The molecular weight excluding hydrogens is 318 g/mol. The van der Waals surface area contributed by atoms with Crippen molar-refractivity contribution in [2.45, 2.75) is 25.4 Å². The van der Waals surface area contributed by atoms with Crippen LogP contribution in [0.2, 0.25) is 0 Å². The molecule has 1 amide bonds. The summed E-state index contributed by atoms with van der Waals surface area (Å²) in [7, 11) is 1.80. The lowest BCUT2D eigenvalue weighted by molar-refractivity contribution is -0.133. The highest BCUT2D eigenvalue weighted by Crippen LogP contribution is 2.31. The van der Waals surface area contributed by atoms with Crippen LogP contribution in [-0.4, -0.2) is 49.4 Å². The van der Waals surface area contributed by atoms with Crippen LogP contribution < -0.4 is 5.32 Å². The molecule has 128 valence electrons. The summed E-state index contributed by atoms with van der Waals surface area (Å²) in [4.78, 5) is 24.9. The Morgan fingerprint density at radius 1 is 1.24 bits per heavy atom. The fourth-order valence-electron chi connectivity index (χ4n) is 3.22. The van der Waals surface area contributed by atoms with Gasteiger partial charge in [-0.3, -0.25) is 9.78 Å². The molecule has 1 aliphatic rings. The molecule has 1 saturated heterocycles. The van der Waals surface area contributed by atoms with Gasteiger partial charge in [-0.15, -0.1) is 0 Å². The first-order valence-corrected chi connectivity index (χ1v) is 8.33. The predicted molar refractivity (Wildman–Crippen MR) is 92.8 cm³/mol. The maximum atomic E-state index is 12.8. The molecule has 4 rings (SSSR count). The van der Waals surface area contributed by atoms with Crippen molar-refractivity contribution >= 4 is 22.8 Å². The van der Waals surface area contributed by atoms with Crippen LogP contribution in [0.1, 0.15) is 24.6 Å². The van der Waals surface area contributed by atoms with Crippen molar-refractivity contribution in [3.63, 3.8) is 0 Å². The number of anilines is 1. The first-order chi connectivity index (χ1) is 12.2. The molecule has 0 unspecified atom stereocenters. The van der Waals surface area contributed by atoms with Crippen molar-refractivity contribution in [2.75, 3.05) is 18.9 Å². The minimum absolute atomic E-state index is 0.000494. The number of likely N-dealkylation sites (tertiary alicyclic amines) is 1. The molecule has 0 radical (unpaired) electrons. The molecule has 25 heavy (non-hydrogen) atoms. The number of benzene rings is 1. The van der Waals surface area contributed by atoms with Gasteiger partial charge >= 0.3 is 0 Å². The van der Waals surface area contributed by atoms with Crippen molar-refractivity contribution in [3.05, 3.63) is 42.4 Å². The average Bonchev–Trinajstić information content (AvgIpc) is 3.28. The highest BCUT2D eigenvalue weighted by atomic mass is 16.2. The van der Waals surface area contributed by atoms with E-state index in [-0.39, 0.29) is 18.5 Å². The lowest BCUT2D eigenvalue weighted by Crippen LogP contribution is -2.34. The number of nitrogens with one attached hydrogen (secondary N) is 1. The third-order valence-corrected chi connectivity index (χ3v) is 4.43. The quantitative estimate of drug-likeness (QED) is 0.778. The Kier molecular flexibility index (Phi) is 4.01. The van der Waals surface area contributed by atoms with Crippen LogP contribution in [0.4, 0.5) is 5.82 Å². The zero-order valence-corrected chi connectivity index (χ0v) is 14.0. The number of nitrogens with zero attached hydrogens (tertiary/aromatic N) is 6. The standard InChI is InChI=1S/C17H19N7O/c1-18-16-10-19-9-14(20-16)15-7-4-8-23(15)17(25)11-24-21-12-5-2-3-6-13(12)22-24/h2-3,5-6,9-10,15H,4,7-8,11H2,1H3,(H,18,20)/t15-/m0/s1. The number of hydrogen-bond acceptors (Lipinski definition) is 6. The van der Waals surface area contributed by atoms with Gasteiger partial charge in [-0.1, -0.05) is 12.1 Å². The van der Waals surface area contributed by atoms with Crippen molar-refractivity contribution in [1.29, 1.82) is 0 Å². The number of amides is 1. The molecule has 0 saturated carbocycles. The smallest absolute Gasteiger partial charge is 0.246 e. The lowest BCUT2D eigenvalue weighted by Gasteiger charge is -2.24. The van der Waals surface area contributed by atoms with E-state index in [4.69, 9.17) is 0 Å². The summed E-state index contributed by atoms with van der Waals surface area (Å²) in [6.07, 6.45) is 5.25. The van der Waals surface area contributed by atoms with Gasteiger partial charge in [-0.25, -0.2) is 4.98 Å². The summed E-state index contributed by atoms with van der Waals surface area (Å²) in [6, 6.07) is 7.56. The molecule has 3 aromatic rings. The molecule has 0 bridgehead atoms. The summed E-state index contributed by atoms with van der Waals surface area (Å²) in [5.41, 5.74) is 2.40. The molecule has 3 heterocycles. The average molecular weight is 337 g/mol. The molecule has 8 nitrogen and oxygen atoms in total. The maximum Gasteiger partial charge on any atom is 0.246 e. The van der Waals surface area contributed by atoms with Gasteiger partial charge in [-0.2, -0.15) is 15.0 Å². The van der Waals surface area contributed by atoms with E-state index in [0.29, 0.717) is 5.82 Å². The largest absolute Gasteiger partial charge is 0.372 e. The molecular formula is C17H19N7O. The molecule has 1 aliphatic heterocycles. The van der Waals surface area contributed by atoms with Crippen LogP contribution in [0.15, 0.2) is 36.7 Å². The van der Waals surface area contributed by atoms with Gasteiger partial charge in [-0.05, 0) is 25.0 Å². The van der Waals surface area contributed by atoms with E-state index < -0.39 is 0 Å². The van der Waals surface area contributed by atoms with Gasteiger partial charge in [0.25, 0.3) is 0 Å². The summed E-state index contributed by atoms with van der Waals surface area (Å²) in [5.74, 6) is 0.705. The third-order valence-electron chi connectivity index (χ3n) is 4.43. The van der Waals surface area contributed by atoms with E-state index in [9.17, 15) is 4.79 Å². The minimum atomic E-state index is -0.0433. The number of rotatable bonds is 4. The third kappa shape index (κ3) is 3.02. The van der Waals surface area contributed by atoms with Crippen LogP contribution in [-0.2, 0) is 11.3 Å². The van der Waals surface area contributed by atoms with E-state index in [1.807, 2.05) is 29.2 Å². The Bertz CT molecular complexity index is 874.